The van der Waals surface area contributed by atoms with Crippen molar-refractivity contribution in [2.75, 3.05) is 25.0 Å². The number of ether oxygens (including phenoxy) is 2. The van der Waals surface area contributed by atoms with Crippen LogP contribution in [0.4, 0.5) is 5.69 Å². The number of esters is 1. The molecule has 9 heteroatoms. The van der Waals surface area contributed by atoms with Crippen molar-refractivity contribution in [1.82, 2.24) is 4.31 Å². The predicted octanol–water partition coefficient (Wildman–Crippen LogP) is 3.94. The van der Waals surface area contributed by atoms with Crippen LogP contribution in [0, 0.1) is 11.8 Å². The van der Waals surface area contributed by atoms with Crippen LogP contribution < -0.4 is 10.1 Å². The minimum absolute atomic E-state index is 0.128. The third-order valence-electron chi connectivity index (χ3n) is 5.66. The Hall–Kier alpha value is -2.91. The van der Waals surface area contributed by atoms with Crippen molar-refractivity contribution in [3.05, 3.63) is 54.1 Å². The Morgan fingerprint density at radius 2 is 1.68 bits per heavy atom. The van der Waals surface area contributed by atoms with Crippen LogP contribution in [0.5, 0.6) is 5.75 Å². The van der Waals surface area contributed by atoms with Gasteiger partial charge in [-0.1, -0.05) is 26.0 Å². The van der Waals surface area contributed by atoms with Gasteiger partial charge in [0, 0.05) is 13.1 Å². The Morgan fingerprint density at radius 3 is 2.29 bits per heavy atom. The van der Waals surface area contributed by atoms with Gasteiger partial charge < -0.3 is 14.8 Å². The summed E-state index contributed by atoms with van der Waals surface area (Å²) in [5.74, 6) is -0.120. The molecule has 1 fully saturated rings. The van der Waals surface area contributed by atoms with Crippen molar-refractivity contribution in [3.8, 4) is 5.75 Å². The minimum atomic E-state index is -3.65. The first-order chi connectivity index (χ1) is 16.1. The van der Waals surface area contributed by atoms with E-state index in [2.05, 4.69) is 5.32 Å². The third kappa shape index (κ3) is 6.15. The highest BCUT2D eigenvalue weighted by atomic mass is 32.2. The average molecular weight is 489 g/mol. The van der Waals surface area contributed by atoms with E-state index in [0.29, 0.717) is 43.0 Å². The van der Waals surface area contributed by atoms with Gasteiger partial charge in [-0.3, -0.25) is 4.79 Å². The molecule has 1 heterocycles. The van der Waals surface area contributed by atoms with Crippen LogP contribution in [0.3, 0.4) is 0 Å². The van der Waals surface area contributed by atoms with Gasteiger partial charge in [0.25, 0.3) is 5.91 Å². The van der Waals surface area contributed by atoms with Gasteiger partial charge in [0.2, 0.25) is 10.0 Å². The number of rotatable bonds is 8. The average Bonchev–Trinajstić information content (AvgIpc) is 2.80. The van der Waals surface area contributed by atoms with E-state index in [1.807, 2.05) is 20.8 Å². The van der Waals surface area contributed by atoms with Crippen LogP contribution in [-0.4, -0.2) is 50.4 Å². The van der Waals surface area contributed by atoms with Crippen LogP contribution in [0.25, 0.3) is 0 Å². The third-order valence-corrected chi connectivity index (χ3v) is 7.51. The fraction of sp³-hybridized carbons (Fsp3) is 0.440. The second kappa shape index (κ2) is 11.0. The highest BCUT2D eigenvalue weighted by Crippen LogP contribution is 2.27. The summed E-state index contributed by atoms with van der Waals surface area (Å²) < 4.78 is 38.3. The molecule has 184 valence electrons. The molecule has 3 rings (SSSR count). The second-order valence-electron chi connectivity index (χ2n) is 8.76. The summed E-state index contributed by atoms with van der Waals surface area (Å²) in [6.07, 6.45) is -0.0679. The molecule has 1 saturated heterocycles. The molecule has 0 bridgehead atoms. The molecular weight excluding hydrogens is 456 g/mol. The Morgan fingerprint density at radius 1 is 1.06 bits per heavy atom. The van der Waals surface area contributed by atoms with Crippen molar-refractivity contribution >= 4 is 27.6 Å². The van der Waals surface area contributed by atoms with Gasteiger partial charge >= 0.3 is 5.97 Å². The second-order valence-corrected chi connectivity index (χ2v) is 10.7. The Balaban J connectivity index is 1.64. The predicted molar refractivity (Wildman–Crippen MR) is 129 cm³/mol. The van der Waals surface area contributed by atoms with Gasteiger partial charge in [-0.25, -0.2) is 13.2 Å². The quantitative estimate of drug-likeness (QED) is 0.565. The molecule has 0 radical (unpaired) electrons. The number of para-hydroxylation sites is 2. The molecule has 8 nitrogen and oxygen atoms in total. The molecule has 3 unspecified atom stereocenters. The van der Waals surface area contributed by atoms with Gasteiger partial charge in [-0.15, -0.1) is 0 Å². The Bertz CT molecular complexity index is 1110. The largest absolute Gasteiger partial charge is 0.492 e. The highest BCUT2D eigenvalue weighted by Gasteiger charge is 2.31. The van der Waals surface area contributed by atoms with E-state index in [9.17, 15) is 18.0 Å². The topological polar surface area (TPSA) is 102 Å². The zero-order valence-corrected chi connectivity index (χ0v) is 20.8. The molecule has 2 aromatic rings. The van der Waals surface area contributed by atoms with Gasteiger partial charge in [-0.2, -0.15) is 4.31 Å². The molecule has 1 amide bonds. The Labute approximate surface area is 201 Å². The van der Waals surface area contributed by atoms with Gasteiger partial charge in [0.15, 0.2) is 6.10 Å². The smallest absolute Gasteiger partial charge is 0.338 e. The SMILES string of the molecule is CCOc1ccccc1NC(=O)C(C)OC(=O)c1ccc(S(=O)(=O)N2CC(C)CC(C)C2)cc1. The number of hydrogen-bond donors (Lipinski definition) is 1. The lowest BCUT2D eigenvalue weighted by atomic mass is 9.94. The monoisotopic (exact) mass is 488 g/mol. The molecule has 0 aromatic heterocycles. The Kier molecular flexibility index (Phi) is 8.33. The number of piperidine rings is 1. The van der Waals surface area contributed by atoms with E-state index < -0.39 is 28.0 Å². The van der Waals surface area contributed by atoms with Crippen molar-refractivity contribution < 1.29 is 27.5 Å². The van der Waals surface area contributed by atoms with E-state index in [1.165, 1.54) is 35.5 Å². The van der Waals surface area contributed by atoms with Gasteiger partial charge in [0.1, 0.15) is 5.75 Å². The summed E-state index contributed by atoms with van der Waals surface area (Å²) in [4.78, 5) is 25.2. The van der Waals surface area contributed by atoms with E-state index in [-0.39, 0.29) is 10.5 Å². The summed E-state index contributed by atoms with van der Waals surface area (Å²) in [6.45, 7) is 8.80. The lowest BCUT2D eigenvalue weighted by Gasteiger charge is -2.34. The van der Waals surface area contributed by atoms with Crippen molar-refractivity contribution in [2.45, 2.75) is 45.1 Å². The molecule has 34 heavy (non-hydrogen) atoms. The van der Waals surface area contributed by atoms with Crippen LogP contribution in [-0.2, 0) is 19.6 Å². The molecule has 0 spiro atoms. The standard InChI is InChI=1S/C25H32N2O6S/c1-5-32-23-9-7-6-8-22(23)26-24(28)19(4)33-25(29)20-10-12-21(13-11-20)34(30,31)27-15-17(2)14-18(3)16-27/h6-13,17-19H,5,14-16H2,1-4H3,(H,26,28). The van der Waals surface area contributed by atoms with Crippen molar-refractivity contribution in [3.63, 3.8) is 0 Å². The molecule has 1 aliphatic rings. The number of amides is 1. The first-order valence-electron chi connectivity index (χ1n) is 11.5. The van der Waals surface area contributed by atoms with Crippen molar-refractivity contribution in [2.24, 2.45) is 11.8 Å². The summed E-state index contributed by atoms with van der Waals surface area (Å²) >= 11 is 0. The van der Waals surface area contributed by atoms with E-state index in [0.717, 1.165) is 6.42 Å². The first-order valence-corrected chi connectivity index (χ1v) is 12.9. The minimum Gasteiger partial charge on any atom is -0.492 e. The summed E-state index contributed by atoms with van der Waals surface area (Å²) in [5, 5.41) is 2.70. The number of benzene rings is 2. The molecule has 1 N–H and O–H groups in total. The molecule has 0 aliphatic carbocycles. The maximum Gasteiger partial charge on any atom is 0.338 e. The number of carbonyl (C=O) groups is 2. The van der Waals surface area contributed by atoms with Crippen LogP contribution in [0.1, 0.15) is 44.5 Å². The lowest BCUT2D eigenvalue weighted by Crippen LogP contribution is -2.42. The fourth-order valence-electron chi connectivity index (χ4n) is 4.08. The van der Waals surface area contributed by atoms with E-state index in [1.54, 1.807) is 24.3 Å². The number of nitrogens with one attached hydrogen (secondary N) is 1. The zero-order chi connectivity index (χ0) is 24.9. The highest BCUT2D eigenvalue weighted by molar-refractivity contribution is 7.89. The molecular formula is C25H32N2O6S. The van der Waals surface area contributed by atoms with Crippen LogP contribution in [0.15, 0.2) is 53.4 Å². The molecule has 3 atom stereocenters. The zero-order valence-electron chi connectivity index (χ0n) is 20.0. The van der Waals surface area contributed by atoms with E-state index in [4.69, 9.17) is 9.47 Å². The maximum absolute atomic E-state index is 13.0. The normalized spacial score (nSPS) is 19.8. The van der Waals surface area contributed by atoms with Crippen LogP contribution >= 0.6 is 0 Å². The molecule has 0 saturated carbocycles. The first kappa shape index (κ1) is 25.7. The summed E-state index contributed by atoms with van der Waals surface area (Å²) in [6, 6.07) is 12.6. The number of nitrogens with zero attached hydrogens (tertiary/aromatic N) is 1. The number of anilines is 1. The van der Waals surface area contributed by atoms with Crippen molar-refractivity contribution in [1.29, 1.82) is 0 Å². The van der Waals surface area contributed by atoms with Crippen LogP contribution in [0.2, 0.25) is 0 Å². The number of hydrogen-bond acceptors (Lipinski definition) is 6. The maximum atomic E-state index is 13.0. The lowest BCUT2D eigenvalue weighted by molar-refractivity contribution is -0.123. The molecule has 1 aliphatic heterocycles. The number of sulfonamides is 1. The molecule has 2 aromatic carbocycles. The van der Waals surface area contributed by atoms with E-state index >= 15 is 0 Å². The number of carbonyl (C=O) groups excluding carboxylic acids is 2. The van der Waals surface area contributed by atoms with Gasteiger partial charge in [0.05, 0.1) is 22.8 Å². The fourth-order valence-corrected chi connectivity index (χ4v) is 5.76. The summed E-state index contributed by atoms with van der Waals surface area (Å²) in [7, 11) is -3.65. The summed E-state index contributed by atoms with van der Waals surface area (Å²) in [5.41, 5.74) is 0.641. The van der Waals surface area contributed by atoms with Gasteiger partial charge in [-0.05, 0) is 68.5 Å².